The predicted molar refractivity (Wildman–Crippen MR) is 72.4 cm³/mol. The van der Waals surface area contributed by atoms with Crippen molar-refractivity contribution in [1.82, 2.24) is 0 Å². The number of carbonyl (C=O) groups is 1. The van der Waals surface area contributed by atoms with E-state index in [1.807, 2.05) is 0 Å². The van der Waals surface area contributed by atoms with Gasteiger partial charge in [-0.1, -0.05) is 42.4 Å². The van der Waals surface area contributed by atoms with Crippen molar-refractivity contribution in [2.45, 2.75) is 64.9 Å². The zero-order valence-electron chi connectivity index (χ0n) is 9.93. The Labute approximate surface area is 107 Å². The van der Waals surface area contributed by atoms with Gasteiger partial charge < -0.3 is 4.74 Å². The number of rotatable bonds is 9. The van der Waals surface area contributed by atoms with Gasteiger partial charge in [-0.15, -0.1) is 0 Å². The second-order valence-corrected chi connectivity index (χ2v) is 4.99. The van der Waals surface area contributed by atoms with Crippen LogP contribution in [-0.4, -0.2) is 16.5 Å². The molecule has 0 aromatic rings. The maximum atomic E-state index is 10.9. The van der Waals surface area contributed by atoms with E-state index < -0.39 is 0 Å². The number of hydrogen-bond donors (Lipinski definition) is 0. The van der Waals surface area contributed by atoms with Gasteiger partial charge >= 0.3 is 5.97 Å². The lowest BCUT2D eigenvalue weighted by Gasteiger charge is -2.16. The Morgan fingerprint density at radius 1 is 1.20 bits per heavy atom. The third-order valence-corrected chi connectivity index (χ3v) is 3.13. The van der Waals surface area contributed by atoms with Gasteiger partial charge in [-0.2, -0.15) is 0 Å². The Bertz CT molecular complexity index is 150. The minimum Gasteiger partial charge on any atom is -0.463 e. The molecule has 0 rings (SSSR count). The molecule has 1 atom stereocenters. The van der Waals surface area contributed by atoms with Crippen molar-refractivity contribution in [3.05, 3.63) is 0 Å². The van der Waals surface area contributed by atoms with Gasteiger partial charge in [-0.25, -0.2) is 0 Å². The molecule has 2 nitrogen and oxygen atoms in total. The smallest absolute Gasteiger partial charge is 0.302 e. The summed E-state index contributed by atoms with van der Waals surface area (Å²) in [7, 11) is 0. The molecule has 15 heavy (non-hydrogen) atoms. The maximum absolute atomic E-state index is 10.9. The Balaban J connectivity index is 3.68. The number of hydrogen-bond acceptors (Lipinski definition) is 2. The summed E-state index contributed by atoms with van der Waals surface area (Å²) in [5, 5.41) is 0. The van der Waals surface area contributed by atoms with Crippen LogP contribution in [-0.2, 0) is 9.53 Å². The van der Waals surface area contributed by atoms with Crippen molar-refractivity contribution in [3.8, 4) is 0 Å². The molecule has 0 heterocycles. The Morgan fingerprint density at radius 3 is 2.27 bits per heavy atom. The zero-order chi connectivity index (χ0) is 11.5. The minimum atomic E-state index is -0.133. The van der Waals surface area contributed by atoms with Crippen molar-refractivity contribution >= 4 is 28.6 Å². The zero-order valence-corrected chi connectivity index (χ0v) is 12.1. The molecule has 0 aliphatic heterocycles. The molecular weight excluding hydrogens is 303 g/mol. The van der Waals surface area contributed by atoms with E-state index in [4.69, 9.17) is 4.74 Å². The van der Waals surface area contributed by atoms with Crippen LogP contribution in [0.1, 0.15) is 58.8 Å². The van der Waals surface area contributed by atoms with E-state index in [-0.39, 0.29) is 12.1 Å². The van der Waals surface area contributed by atoms with Crippen molar-refractivity contribution < 1.29 is 9.53 Å². The van der Waals surface area contributed by atoms with Crippen LogP contribution >= 0.6 is 22.6 Å². The highest BCUT2D eigenvalue weighted by Crippen LogP contribution is 2.14. The summed E-state index contributed by atoms with van der Waals surface area (Å²) < 4.78 is 6.50. The molecule has 0 radical (unpaired) electrons. The average molecular weight is 326 g/mol. The summed E-state index contributed by atoms with van der Waals surface area (Å²) in [5.74, 6) is -0.133. The Morgan fingerprint density at radius 2 is 1.80 bits per heavy atom. The molecule has 0 fully saturated rings. The van der Waals surface area contributed by atoms with Gasteiger partial charge in [-0.05, 0) is 36.5 Å². The molecule has 0 aliphatic carbocycles. The summed E-state index contributed by atoms with van der Waals surface area (Å²) in [6.45, 7) is 3.70. The van der Waals surface area contributed by atoms with E-state index in [0.717, 1.165) is 12.8 Å². The van der Waals surface area contributed by atoms with E-state index in [1.54, 1.807) is 0 Å². The standard InChI is InChI=1S/C12H23IO2/c1-3-4-5-8-12(15-11(2)14)9-6-7-10-13/h12H,3-10H2,1-2H3. The van der Waals surface area contributed by atoms with Gasteiger partial charge in [0.25, 0.3) is 0 Å². The van der Waals surface area contributed by atoms with E-state index in [9.17, 15) is 4.79 Å². The van der Waals surface area contributed by atoms with Crippen molar-refractivity contribution in [1.29, 1.82) is 0 Å². The molecule has 0 spiro atoms. The molecule has 1 unspecified atom stereocenters. The maximum Gasteiger partial charge on any atom is 0.302 e. The lowest BCUT2D eigenvalue weighted by Crippen LogP contribution is -2.16. The van der Waals surface area contributed by atoms with E-state index in [2.05, 4.69) is 29.5 Å². The topological polar surface area (TPSA) is 26.3 Å². The van der Waals surface area contributed by atoms with Crippen LogP contribution in [0, 0.1) is 0 Å². The molecule has 0 bridgehead atoms. The quantitative estimate of drug-likeness (QED) is 0.276. The molecule has 0 saturated carbocycles. The number of alkyl halides is 1. The fourth-order valence-corrected chi connectivity index (χ4v) is 2.12. The molecule has 0 amide bonds. The van der Waals surface area contributed by atoms with Gasteiger partial charge in [0.2, 0.25) is 0 Å². The molecule has 0 N–H and O–H groups in total. The van der Waals surface area contributed by atoms with E-state index in [0.29, 0.717) is 0 Å². The van der Waals surface area contributed by atoms with Crippen LogP contribution in [0.4, 0.5) is 0 Å². The summed E-state index contributed by atoms with van der Waals surface area (Å²) in [6.07, 6.45) is 8.28. The van der Waals surface area contributed by atoms with Gasteiger partial charge in [-0.3, -0.25) is 4.79 Å². The fraction of sp³-hybridized carbons (Fsp3) is 0.917. The average Bonchev–Trinajstić information content (AvgIpc) is 2.17. The monoisotopic (exact) mass is 326 g/mol. The minimum absolute atomic E-state index is 0.133. The first-order valence-electron chi connectivity index (χ1n) is 5.93. The van der Waals surface area contributed by atoms with Gasteiger partial charge in [0.05, 0.1) is 0 Å². The second kappa shape index (κ2) is 10.7. The van der Waals surface area contributed by atoms with E-state index >= 15 is 0 Å². The third-order valence-electron chi connectivity index (χ3n) is 2.37. The number of halogens is 1. The Kier molecular flexibility index (Phi) is 10.9. The highest BCUT2D eigenvalue weighted by molar-refractivity contribution is 14.1. The van der Waals surface area contributed by atoms with Crippen LogP contribution in [0.3, 0.4) is 0 Å². The van der Waals surface area contributed by atoms with Gasteiger partial charge in [0.15, 0.2) is 0 Å². The number of esters is 1. The summed E-state index contributed by atoms with van der Waals surface area (Å²) in [6, 6.07) is 0. The SMILES string of the molecule is CCCCCC(CCCCI)OC(C)=O. The summed E-state index contributed by atoms with van der Waals surface area (Å²) in [4.78, 5) is 10.9. The van der Waals surface area contributed by atoms with Crippen LogP contribution in [0.25, 0.3) is 0 Å². The number of ether oxygens (including phenoxy) is 1. The Hall–Kier alpha value is 0.200. The summed E-state index contributed by atoms with van der Waals surface area (Å²) >= 11 is 2.39. The molecule has 0 aromatic heterocycles. The van der Waals surface area contributed by atoms with Crippen LogP contribution in [0.5, 0.6) is 0 Å². The number of unbranched alkanes of at least 4 members (excludes halogenated alkanes) is 3. The fourth-order valence-electron chi connectivity index (χ4n) is 1.59. The van der Waals surface area contributed by atoms with Crippen molar-refractivity contribution in [2.24, 2.45) is 0 Å². The van der Waals surface area contributed by atoms with Gasteiger partial charge in [0, 0.05) is 6.92 Å². The predicted octanol–water partition coefficient (Wildman–Crippen LogP) is 4.10. The first-order valence-corrected chi connectivity index (χ1v) is 7.46. The highest BCUT2D eigenvalue weighted by Gasteiger charge is 2.10. The molecule has 0 aromatic carbocycles. The van der Waals surface area contributed by atoms with Gasteiger partial charge in [0.1, 0.15) is 6.10 Å². The third kappa shape index (κ3) is 10.5. The first-order chi connectivity index (χ1) is 7.20. The molecule has 0 saturated heterocycles. The largest absolute Gasteiger partial charge is 0.463 e. The van der Waals surface area contributed by atoms with Crippen LogP contribution < -0.4 is 0 Å². The second-order valence-electron chi connectivity index (χ2n) is 3.91. The van der Waals surface area contributed by atoms with Crippen LogP contribution in [0.15, 0.2) is 0 Å². The summed E-state index contributed by atoms with van der Waals surface area (Å²) in [5.41, 5.74) is 0. The molecule has 3 heteroatoms. The van der Waals surface area contributed by atoms with Crippen LogP contribution in [0.2, 0.25) is 0 Å². The lowest BCUT2D eigenvalue weighted by atomic mass is 10.1. The lowest BCUT2D eigenvalue weighted by molar-refractivity contribution is -0.147. The first kappa shape index (κ1) is 15.2. The molecular formula is C12H23IO2. The molecule has 90 valence electrons. The number of carbonyl (C=O) groups excluding carboxylic acids is 1. The van der Waals surface area contributed by atoms with Crippen molar-refractivity contribution in [3.63, 3.8) is 0 Å². The van der Waals surface area contributed by atoms with E-state index in [1.165, 1.54) is 43.5 Å². The highest BCUT2D eigenvalue weighted by atomic mass is 127. The van der Waals surface area contributed by atoms with Crippen molar-refractivity contribution in [2.75, 3.05) is 4.43 Å². The normalized spacial score (nSPS) is 12.5. The molecule has 0 aliphatic rings.